The van der Waals surface area contributed by atoms with Crippen molar-refractivity contribution in [1.82, 2.24) is 14.3 Å². The molecule has 17 heteroatoms. The van der Waals surface area contributed by atoms with E-state index in [2.05, 4.69) is 14.9 Å². The Morgan fingerprint density at radius 1 is 1.00 bits per heavy atom. The fourth-order valence-electron chi connectivity index (χ4n) is 2.86. The zero-order chi connectivity index (χ0) is 29.3. The third-order valence-corrected chi connectivity index (χ3v) is 6.53. The average Bonchev–Trinajstić information content (AvgIpc) is 2.99. The smallest absolute Gasteiger partial charge is 0.475 e. The van der Waals surface area contributed by atoms with E-state index >= 15 is 0 Å². The first-order valence-electron chi connectivity index (χ1n) is 10.6. The molecule has 1 aliphatic rings. The maximum atomic E-state index is 12.3. The second-order valence-electron chi connectivity index (χ2n) is 7.56. The van der Waals surface area contributed by atoms with Crippen LogP contribution in [0.1, 0.15) is 23.7 Å². The van der Waals surface area contributed by atoms with Gasteiger partial charge >= 0.3 is 24.3 Å². The molecule has 2 N–H and O–H groups in total. The zero-order valence-corrected chi connectivity index (χ0v) is 20.8. The fourth-order valence-corrected chi connectivity index (χ4v) is 3.92. The average molecular weight is 575 g/mol. The molecule has 3 heterocycles. The standard InChI is InChI=1S/C17H22N4O2S.2C2HF3O2/c1-3-24(22,23)21-10-9-20(12-15-5-4-8-18-11-15)17-16(13-21)7-6-14(2)19-17;2*3-2(4,5)1(6)7/h4-8,11H,3,9-10,12-13H2,1-2H3;2*(H,6,7). The Morgan fingerprint density at radius 3 is 2.00 bits per heavy atom. The van der Waals surface area contributed by atoms with Crippen molar-refractivity contribution >= 4 is 27.8 Å². The maximum absolute atomic E-state index is 12.3. The number of anilines is 1. The van der Waals surface area contributed by atoms with Crippen LogP contribution in [0.25, 0.3) is 0 Å². The van der Waals surface area contributed by atoms with E-state index in [1.807, 2.05) is 37.4 Å². The summed E-state index contributed by atoms with van der Waals surface area (Å²) in [6.07, 6.45) is -6.58. The van der Waals surface area contributed by atoms with E-state index in [0.29, 0.717) is 26.2 Å². The van der Waals surface area contributed by atoms with Crippen LogP contribution in [0, 0.1) is 6.92 Å². The Kier molecular flexibility index (Phi) is 11.4. The van der Waals surface area contributed by atoms with Crippen molar-refractivity contribution in [1.29, 1.82) is 0 Å². The van der Waals surface area contributed by atoms with Gasteiger partial charge in [0.2, 0.25) is 10.0 Å². The Hall–Kier alpha value is -3.47. The van der Waals surface area contributed by atoms with Gasteiger partial charge in [-0.15, -0.1) is 0 Å². The molecular weight excluding hydrogens is 550 g/mol. The fraction of sp³-hybridized carbons (Fsp3) is 0.429. The second-order valence-corrected chi connectivity index (χ2v) is 9.82. The maximum Gasteiger partial charge on any atom is 0.490 e. The first kappa shape index (κ1) is 32.6. The van der Waals surface area contributed by atoms with Crippen LogP contribution in [0.5, 0.6) is 0 Å². The number of carbonyl (C=O) groups is 2. The van der Waals surface area contributed by atoms with Gasteiger partial charge in [0.15, 0.2) is 0 Å². The van der Waals surface area contributed by atoms with Crippen LogP contribution in [0.15, 0.2) is 36.7 Å². The number of sulfonamides is 1. The van der Waals surface area contributed by atoms with Crippen molar-refractivity contribution in [3.8, 4) is 0 Å². The molecule has 0 radical (unpaired) electrons. The number of hydrogen-bond acceptors (Lipinski definition) is 7. The number of nitrogens with zero attached hydrogens (tertiary/aromatic N) is 4. The lowest BCUT2D eigenvalue weighted by Gasteiger charge is -2.24. The van der Waals surface area contributed by atoms with Crippen LogP contribution < -0.4 is 4.90 Å². The molecule has 0 bridgehead atoms. The lowest BCUT2D eigenvalue weighted by Crippen LogP contribution is -2.36. The third-order valence-electron chi connectivity index (χ3n) is 4.70. The predicted molar refractivity (Wildman–Crippen MR) is 122 cm³/mol. The number of pyridine rings is 2. The zero-order valence-electron chi connectivity index (χ0n) is 20.0. The van der Waals surface area contributed by atoms with Gasteiger partial charge in [-0.25, -0.2) is 23.0 Å². The molecule has 10 nitrogen and oxygen atoms in total. The molecule has 0 amide bonds. The molecule has 0 unspecified atom stereocenters. The third kappa shape index (κ3) is 10.5. The van der Waals surface area contributed by atoms with Gasteiger partial charge in [-0.3, -0.25) is 4.98 Å². The van der Waals surface area contributed by atoms with E-state index in [1.54, 1.807) is 17.4 Å². The first-order chi connectivity index (χ1) is 17.4. The molecule has 0 atom stereocenters. The van der Waals surface area contributed by atoms with Crippen molar-refractivity contribution < 1.29 is 54.6 Å². The second kappa shape index (κ2) is 13.4. The number of halogens is 6. The van der Waals surface area contributed by atoms with Crippen LogP contribution in [-0.4, -0.2) is 76.0 Å². The summed E-state index contributed by atoms with van der Waals surface area (Å²) in [4.78, 5) is 28.8. The summed E-state index contributed by atoms with van der Waals surface area (Å²) in [6, 6.07) is 7.85. The number of carboxylic acids is 2. The molecule has 0 aromatic carbocycles. The summed E-state index contributed by atoms with van der Waals surface area (Å²) in [5, 5.41) is 14.2. The highest BCUT2D eigenvalue weighted by molar-refractivity contribution is 7.89. The Bertz CT molecular complexity index is 1170. The highest BCUT2D eigenvalue weighted by Gasteiger charge is 2.38. The number of aliphatic carboxylic acids is 2. The molecule has 1 aliphatic heterocycles. The summed E-state index contributed by atoms with van der Waals surface area (Å²) in [7, 11) is -3.23. The summed E-state index contributed by atoms with van der Waals surface area (Å²) < 4.78 is 89.7. The largest absolute Gasteiger partial charge is 0.490 e. The van der Waals surface area contributed by atoms with Gasteiger partial charge in [-0.2, -0.15) is 30.6 Å². The summed E-state index contributed by atoms with van der Waals surface area (Å²) >= 11 is 0. The van der Waals surface area contributed by atoms with Crippen LogP contribution in [0.4, 0.5) is 32.2 Å². The molecule has 3 rings (SSSR count). The molecule has 0 aliphatic carbocycles. The molecule has 2 aromatic heterocycles. The number of hydrogen-bond donors (Lipinski definition) is 2. The molecule has 2 aromatic rings. The molecule has 0 fully saturated rings. The minimum absolute atomic E-state index is 0.115. The van der Waals surface area contributed by atoms with E-state index in [-0.39, 0.29) is 5.75 Å². The summed E-state index contributed by atoms with van der Waals surface area (Å²) in [5.41, 5.74) is 2.95. The number of alkyl halides is 6. The molecule has 0 spiro atoms. The molecule has 0 saturated carbocycles. The van der Waals surface area contributed by atoms with Gasteiger partial charge in [-0.1, -0.05) is 12.1 Å². The van der Waals surface area contributed by atoms with Crippen LogP contribution in [0.3, 0.4) is 0 Å². The Balaban J connectivity index is 0.000000426. The van der Waals surface area contributed by atoms with Crippen LogP contribution in [0.2, 0.25) is 0 Å². The molecule has 212 valence electrons. The normalized spacial score (nSPS) is 14.2. The van der Waals surface area contributed by atoms with Gasteiger partial charge in [0, 0.05) is 49.8 Å². The Morgan fingerprint density at radius 2 is 1.55 bits per heavy atom. The van der Waals surface area contributed by atoms with Gasteiger partial charge in [0.05, 0.1) is 5.75 Å². The Labute approximate surface area is 213 Å². The van der Waals surface area contributed by atoms with Crippen molar-refractivity contribution in [3.05, 3.63) is 53.5 Å². The first-order valence-corrected chi connectivity index (χ1v) is 12.2. The highest BCUT2D eigenvalue weighted by atomic mass is 32.2. The van der Waals surface area contributed by atoms with E-state index < -0.39 is 34.3 Å². The van der Waals surface area contributed by atoms with E-state index in [1.165, 1.54) is 0 Å². The minimum atomic E-state index is -5.08. The lowest BCUT2D eigenvalue weighted by atomic mass is 10.2. The number of aryl methyl sites for hydroxylation is 1. The van der Waals surface area contributed by atoms with Crippen molar-refractivity contribution in [2.45, 2.75) is 39.3 Å². The molecule has 38 heavy (non-hydrogen) atoms. The summed E-state index contributed by atoms with van der Waals surface area (Å²) in [5.74, 6) is -4.53. The van der Waals surface area contributed by atoms with Gasteiger partial charge in [0.25, 0.3) is 0 Å². The van der Waals surface area contributed by atoms with Gasteiger partial charge < -0.3 is 15.1 Å². The quantitative estimate of drug-likeness (QED) is 0.527. The van der Waals surface area contributed by atoms with Crippen LogP contribution in [-0.2, 0) is 32.7 Å². The van der Waals surface area contributed by atoms with Gasteiger partial charge in [-0.05, 0) is 31.5 Å². The SMILES string of the molecule is CCS(=O)(=O)N1CCN(Cc2cccnc2)c2nc(C)ccc2C1.O=C(O)C(F)(F)F.O=C(O)C(F)(F)F. The van der Waals surface area contributed by atoms with Crippen molar-refractivity contribution in [2.75, 3.05) is 23.7 Å². The van der Waals surface area contributed by atoms with Crippen LogP contribution >= 0.6 is 0 Å². The molecular formula is C21H24F6N4O6S. The van der Waals surface area contributed by atoms with E-state index in [4.69, 9.17) is 19.8 Å². The monoisotopic (exact) mass is 574 g/mol. The number of fused-ring (bicyclic) bond motifs is 1. The molecule has 0 saturated heterocycles. The van der Waals surface area contributed by atoms with Gasteiger partial charge in [0.1, 0.15) is 5.82 Å². The van der Waals surface area contributed by atoms with Crippen molar-refractivity contribution in [2.24, 2.45) is 0 Å². The van der Waals surface area contributed by atoms with E-state index in [0.717, 1.165) is 22.6 Å². The number of aromatic nitrogens is 2. The summed E-state index contributed by atoms with van der Waals surface area (Å²) in [6.45, 7) is 5.75. The number of rotatable bonds is 4. The predicted octanol–water partition coefficient (Wildman–Crippen LogP) is 3.22. The number of carboxylic acid groups (broad SMARTS) is 2. The minimum Gasteiger partial charge on any atom is -0.475 e. The van der Waals surface area contributed by atoms with E-state index in [9.17, 15) is 34.8 Å². The lowest BCUT2D eigenvalue weighted by molar-refractivity contribution is -0.193. The van der Waals surface area contributed by atoms with Crippen molar-refractivity contribution in [3.63, 3.8) is 0 Å². The highest BCUT2D eigenvalue weighted by Crippen LogP contribution is 2.26. The topological polar surface area (TPSA) is 141 Å².